The fourth-order valence-electron chi connectivity index (χ4n) is 4.13. The van der Waals surface area contributed by atoms with Gasteiger partial charge in [0.1, 0.15) is 23.6 Å². The quantitative estimate of drug-likeness (QED) is 0.262. The number of ether oxygens (including phenoxy) is 5. The van der Waals surface area contributed by atoms with Gasteiger partial charge in [-0.25, -0.2) is 9.97 Å². The number of hydrogen-bond donors (Lipinski definition) is 1. The summed E-state index contributed by atoms with van der Waals surface area (Å²) >= 11 is 8.34. The van der Waals surface area contributed by atoms with E-state index >= 15 is 0 Å². The zero-order chi connectivity index (χ0) is 25.1. The SMILES string of the molecule is CC(C)Oc1cc(OCCCN2CCOCC2)cc2ncnc(NC3Oc4cc(Cl)cc(I)c4O3)c12. The second kappa shape index (κ2) is 11.4. The van der Waals surface area contributed by atoms with E-state index in [4.69, 9.17) is 35.3 Å². The number of aromatic nitrogens is 2. The number of nitrogens with zero attached hydrogens (tertiary/aromatic N) is 3. The summed E-state index contributed by atoms with van der Waals surface area (Å²) in [5.41, 5.74) is 0.696. The molecule has 3 aromatic rings. The van der Waals surface area contributed by atoms with Gasteiger partial charge in [-0.05, 0) is 48.9 Å². The number of fused-ring (bicyclic) bond motifs is 2. The Labute approximate surface area is 228 Å². The van der Waals surface area contributed by atoms with Gasteiger partial charge in [-0.2, -0.15) is 0 Å². The number of rotatable bonds is 9. The van der Waals surface area contributed by atoms with Crippen LogP contribution < -0.4 is 24.3 Å². The monoisotopic (exact) mass is 626 g/mol. The van der Waals surface area contributed by atoms with Crippen LogP contribution >= 0.6 is 34.2 Å². The lowest BCUT2D eigenvalue weighted by Gasteiger charge is -2.26. The second-order valence-electron chi connectivity index (χ2n) is 8.79. The molecule has 1 fully saturated rings. The van der Waals surface area contributed by atoms with Gasteiger partial charge >= 0.3 is 6.41 Å². The van der Waals surface area contributed by atoms with Crippen LogP contribution in [0.25, 0.3) is 10.9 Å². The normalized spacial score (nSPS) is 17.5. The molecule has 0 saturated carbocycles. The molecule has 2 aliphatic heterocycles. The molecule has 1 aromatic heterocycles. The molecule has 1 N–H and O–H groups in total. The van der Waals surface area contributed by atoms with Gasteiger partial charge in [0, 0.05) is 42.9 Å². The topological polar surface area (TPSA) is 87.2 Å². The first-order valence-electron chi connectivity index (χ1n) is 11.9. The third-order valence-corrected chi connectivity index (χ3v) is 6.74. The molecule has 0 bridgehead atoms. The van der Waals surface area contributed by atoms with Crippen LogP contribution in [0, 0.1) is 3.57 Å². The first-order valence-corrected chi connectivity index (χ1v) is 13.4. The van der Waals surface area contributed by atoms with E-state index in [1.165, 1.54) is 6.33 Å². The number of morpholine rings is 1. The summed E-state index contributed by atoms with van der Waals surface area (Å²) in [5.74, 6) is 3.08. The Kier molecular flexibility index (Phi) is 8.04. The molecule has 9 nitrogen and oxygen atoms in total. The van der Waals surface area contributed by atoms with Gasteiger partial charge in [0.05, 0.1) is 40.4 Å². The second-order valence-corrected chi connectivity index (χ2v) is 10.4. The zero-order valence-corrected chi connectivity index (χ0v) is 23.0. The first kappa shape index (κ1) is 25.4. The van der Waals surface area contributed by atoms with Crippen molar-refractivity contribution in [3.05, 3.63) is 39.2 Å². The Morgan fingerprint density at radius 3 is 2.81 bits per heavy atom. The van der Waals surface area contributed by atoms with Gasteiger partial charge in [-0.1, -0.05) is 11.6 Å². The van der Waals surface area contributed by atoms with Gasteiger partial charge in [-0.3, -0.25) is 4.90 Å². The molecule has 1 saturated heterocycles. The fraction of sp³-hybridized carbons (Fsp3) is 0.440. The highest BCUT2D eigenvalue weighted by Crippen LogP contribution is 2.42. The van der Waals surface area contributed by atoms with Gasteiger partial charge in [0.25, 0.3) is 0 Å². The van der Waals surface area contributed by atoms with Crippen LogP contribution in [-0.4, -0.2) is 66.8 Å². The summed E-state index contributed by atoms with van der Waals surface area (Å²) in [6.45, 7) is 9.08. The van der Waals surface area contributed by atoms with Crippen LogP contribution in [0.1, 0.15) is 20.3 Å². The van der Waals surface area contributed by atoms with Crippen molar-refractivity contribution >= 4 is 50.9 Å². The number of nitrogens with one attached hydrogen (secondary N) is 1. The molecule has 0 radical (unpaired) electrons. The van der Waals surface area contributed by atoms with Gasteiger partial charge in [0.15, 0.2) is 11.5 Å². The Hall–Kier alpha value is -2.28. The zero-order valence-electron chi connectivity index (χ0n) is 20.1. The molecule has 1 atom stereocenters. The molecule has 192 valence electrons. The van der Waals surface area contributed by atoms with Crippen LogP contribution in [-0.2, 0) is 4.74 Å². The van der Waals surface area contributed by atoms with E-state index in [9.17, 15) is 0 Å². The van der Waals surface area contributed by atoms with Crippen molar-refractivity contribution in [3.63, 3.8) is 0 Å². The van der Waals surface area contributed by atoms with Crippen molar-refractivity contribution in [1.29, 1.82) is 0 Å². The van der Waals surface area contributed by atoms with E-state index in [1.807, 2.05) is 32.0 Å². The van der Waals surface area contributed by atoms with Crippen LogP contribution in [0.3, 0.4) is 0 Å². The standard InChI is InChI=1S/C25H28ClIN4O5/c1-15(2)34-20-13-17(33-7-3-4-31-5-8-32-9-6-31)12-19-22(20)24(29-14-28-19)30-25-35-21-11-16(26)10-18(27)23(21)36-25/h10-15,25H,3-9H2,1-2H3,(H,28,29,30). The third kappa shape index (κ3) is 5.99. The third-order valence-electron chi connectivity index (χ3n) is 5.72. The Balaban J connectivity index is 1.33. The average Bonchev–Trinajstić information content (AvgIpc) is 3.25. The lowest BCUT2D eigenvalue weighted by Crippen LogP contribution is -2.37. The van der Waals surface area contributed by atoms with Crippen molar-refractivity contribution in [1.82, 2.24) is 14.9 Å². The minimum atomic E-state index is -0.770. The van der Waals surface area contributed by atoms with Crippen LogP contribution in [0.4, 0.5) is 5.82 Å². The van der Waals surface area contributed by atoms with Gasteiger partial charge in [-0.15, -0.1) is 0 Å². The van der Waals surface area contributed by atoms with E-state index in [1.54, 1.807) is 6.07 Å². The fourth-order valence-corrected chi connectivity index (χ4v) is 5.25. The maximum atomic E-state index is 6.17. The van der Waals surface area contributed by atoms with E-state index in [2.05, 4.69) is 42.8 Å². The molecule has 0 amide bonds. The number of anilines is 1. The summed E-state index contributed by atoms with van der Waals surface area (Å²) in [6.07, 6.45) is 1.60. The minimum Gasteiger partial charge on any atom is -0.493 e. The van der Waals surface area contributed by atoms with E-state index < -0.39 is 6.41 Å². The summed E-state index contributed by atoms with van der Waals surface area (Å²) in [6, 6.07) is 7.34. The molecular formula is C25H28ClIN4O5. The summed E-state index contributed by atoms with van der Waals surface area (Å²) < 4.78 is 30.4. The minimum absolute atomic E-state index is 0.0511. The molecule has 2 aromatic carbocycles. The van der Waals surface area contributed by atoms with Crippen LogP contribution in [0.5, 0.6) is 23.0 Å². The predicted molar refractivity (Wildman–Crippen MR) is 146 cm³/mol. The van der Waals surface area contributed by atoms with Crippen molar-refractivity contribution in [2.24, 2.45) is 0 Å². The molecular weight excluding hydrogens is 599 g/mol. The first-order chi connectivity index (χ1) is 17.5. The van der Waals surface area contributed by atoms with E-state index in [0.717, 1.165) is 48.2 Å². The summed E-state index contributed by atoms with van der Waals surface area (Å²) in [7, 11) is 0. The van der Waals surface area contributed by atoms with Crippen molar-refractivity contribution in [2.45, 2.75) is 32.8 Å². The van der Waals surface area contributed by atoms with Gasteiger partial charge < -0.3 is 29.0 Å². The highest BCUT2D eigenvalue weighted by Gasteiger charge is 2.28. The summed E-state index contributed by atoms with van der Waals surface area (Å²) in [4.78, 5) is 11.3. The van der Waals surface area contributed by atoms with Crippen molar-refractivity contribution < 1.29 is 23.7 Å². The summed E-state index contributed by atoms with van der Waals surface area (Å²) in [5, 5.41) is 4.53. The highest BCUT2D eigenvalue weighted by molar-refractivity contribution is 14.1. The molecule has 2 aliphatic rings. The lowest BCUT2D eigenvalue weighted by atomic mass is 10.2. The van der Waals surface area contributed by atoms with Crippen molar-refractivity contribution in [3.8, 4) is 23.0 Å². The number of halogens is 2. The van der Waals surface area contributed by atoms with Crippen molar-refractivity contribution in [2.75, 3.05) is 44.8 Å². The van der Waals surface area contributed by atoms with E-state index in [-0.39, 0.29) is 6.10 Å². The Morgan fingerprint density at radius 1 is 1.17 bits per heavy atom. The molecule has 36 heavy (non-hydrogen) atoms. The number of hydrogen-bond acceptors (Lipinski definition) is 9. The molecule has 11 heteroatoms. The van der Waals surface area contributed by atoms with Crippen LogP contribution in [0.2, 0.25) is 5.02 Å². The largest absolute Gasteiger partial charge is 0.493 e. The highest BCUT2D eigenvalue weighted by atomic mass is 127. The lowest BCUT2D eigenvalue weighted by molar-refractivity contribution is 0.0358. The molecule has 0 aliphatic carbocycles. The molecule has 0 spiro atoms. The molecule has 5 rings (SSSR count). The maximum absolute atomic E-state index is 6.17. The van der Waals surface area contributed by atoms with E-state index in [0.29, 0.717) is 46.0 Å². The molecule has 1 unspecified atom stereocenters. The average molecular weight is 627 g/mol. The Bertz CT molecular complexity index is 1220. The predicted octanol–water partition coefficient (Wildman–Crippen LogP) is 4.94. The number of benzene rings is 2. The molecule has 3 heterocycles. The maximum Gasteiger partial charge on any atom is 0.326 e. The Morgan fingerprint density at radius 2 is 2.00 bits per heavy atom. The van der Waals surface area contributed by atoms with Gasteiger partial charge in [0.2, 0.25) is 0 Å². The smallest absolute Gasteiger partial charge is 0.326 e. The van der Waals surface area contributed by atoms with Crippen LogP contribution in [0.15, 0.2) is 30.6 Å².